The lowest BCUT2D eigenvalue weighted by Gasteiger charge is -2.33. The molecule has 20 rings (SSSR count). The van der Waals surface area contributed by atoms with Crippen LogP contribution < -0.4 is 4.90 Å². The van der Waals surface area contributed by atoms with Crippen molar-refractivity contribution in [3.63, 3.8) is 0 Å². The highest BCUT2D eigenvalue weighted by Crippen LogP contribution is 2.62. The molecule has 14 aromatic carbocycles. The topological polar surface area (TPSA) is 3.24 Å². The van der Waals surface area contributed by atoms with Crippen molar-refractivity contribution in [3.05, 3.63) is 340 Å². The summed E-state index contributed by atoms with van der Waals surface area (Å²) in [6, 6.07) is 107. The van der Waals surface area contributed by atoms with E-state index in [0.717, 1.165) is 11.4 Å². The van der Waals surface area contributed by atoms with E-state index < -0.39 is 0 Å². The molecule has 6 aliphatic carbocycles. The fraction of sp³-hybridized carbons (Fsp3) is 0.281. The first-order valence-electron chi connectivity index (χ1n) is 43.7. The first-order chi connectivity index (χ1) is 55.7. The third-order valence-corrected chi connectivity index (χ3v) is 29.3. The van der Waals surface area contributed by atoms with Crippen LogP contribution in [0.3, 0.4) is 0 Å². The van der Waals surface area contributed by atoms with Crippen molar-refractivity contribution in [2.45, 2.75) is 205 Å². The van der Waals surface area contributed by atoms with Gasteiger partial charge in [-0.1, -0.05) is 348 Å². The number of nitrogens with zero attached hydrogens (tertiary/aromatic N) is 1. The highest BCUT2D eigenvalue weighted by Gasteiger charge is 2.46. The molecule has 1 heteroatoms. The number of rotatable bonds is 21. The van der Waals surface area contributed by atoms with Crippen LogP contribution in [0.15, 0.2) is 273 Å². The molecule has 0 aliphatic heterocycles. The first kappa shape index (κ1) is 73.1. The van der Waals surface area contributed by atoms with E-state index in [1.54, 1.807) is 11.1 Å². The van der Waals surface area contributed by atoms with Gasteiger partial charge < -0.3 is 4.90 Å². The SMILES string of the molecule is CCCCCCCCC1(CCCCCCCC)c2ccccc2-c2ccc(-c3ccc4c(c3)C(C)(C)c3cc(-c5ccc6c(c5)C(C)(C)c5cc(-c7ccc8c(c7)C(C)(C)c7cc(-c9ccc(N(c%10ccccc%10)c%10cc%11c(c%12ccccc%10%12)-c%10cc%12c(cc%10C%11(C)C)-c%10ccccc%10C%12(C)C)cc9)ccc7-8)ccc5-6)ccc3-4)cc21. The lowest BCUT2D eigenvalue weighted by molar-refractivity contribution is 0.398. The zero-order valence-electron chi connectivity index (χ0n) is 69.8. The Morgan fingerprint density at radius 1 is 0.209 bits per heavy atom. The smallest absolute Gasteiger partial charge is 0.0543 e. The van der Waals surface area contributed by atoms with Gasteiger partial charge in [-0.3, -0.25) is 0 Å². The Bertz CT molecular complexity index is 6260. The molecule has 1 nitrogen and oxygen atoms in total. The molecule has 0 amide bonds. The minimum atomic E-state index is -0.228. The molecule has 0 bridgehead atoms. The summed E-state index contributed by atoms with van der Waals surface area (Å²) in [5.41, 5.74) is 46.5. The molecule has 0 fully saturated rings. The maximum atomic E-state index is 2.65. The Hall–Kier alpha value is -10.9. The number of anilines is 3. The third kappa shape index (κ3) is 11.3. The molecule has 0 N–H and O–H groups in total. The van der Waals surface area contributed by atoms with Gasteiger partial charge in [0, 0.05) is 49.3 Å². The van der Waals surface area contributed by atoms with Gasteiger partial charge in [-0.25, -0.2) is 0 Å². The molecule has 115 heavy (non-hydrogen) atoms. The first-order valence-corrected chi connectivity index (χ1v) is 43.7. The van der Waals surface area contributed by atoms with Crippen molar-refractivity contribution in [1.29, 1.82) is 0 Å². The van der Waals surface area contributed by atoms with Gasteiger partial charge in [-0.05, 0) is 281 Å². The summed E-state index contributed by atoms with van der Waals surface area (Å²) in [4.78, 5) is 2.49. The second-order valence-electron chi connectivity index (χ2n) is 37.7. The lowest BCUT2D eigenvalue weighted by atomic mass is 9.70. The summed E-state index contributed by atoms with van der Waals surface area (Å²) < 4.78 is 0. The highest BCUT2D eigenvalue weighted by atomic mass is 15.1. The van der Waals surface area contributed by atoms with E-state index >= 15 is 0 Å². The Balaban J connectivity index is 0.556. The summed E-state index contributed by atoms with van der Waals surface area (Å²) in [6.45, 7) is 29.0. The Morgan fingerprint density at radius 3 is 0.974 bits per heavy atom. The molecular formula is C114H109N. The highest BCUT2D eigenvalue weighted by molar-refractivity contribution is 6.11. The molecule has 0 saturated carbocycles. The van der Waals surface area contributed by atoms with Gasteiger partial charge in [-0.2, -0.15) is 0 Å². The van der Waals surface area contributed by atoms with E-state index in [-0.39, 0.29) is 32.5 Å². The summed E-state index contributed by atoms with van der Waals surface area (Å²) in [7, 11) is 0. The third-order valence-electron chi connectivity index (χ3n) is 29.3. The predicted molar refractivity (Wildman–Crippen MR) is 490 cm³/mol. The number of hydrogen-bond acceptors (Lipinski definition) is 1. The number of benzene rings is 14. The molecular weight excluding hydrogens is 1380 g/mol. The molecule has 0 unspecified atom stereocenters. The molecule has 570 valence electrons. The van der Waals surface area contributed by atoms with Gasteiger partial charge in [-0.15, -0.1) is 0 Å². The zero-order valence-corrected chi connectivity index (χ0v) is 69.8. The number of para-hydroxylation sites is 1. The zero-order chi connectivity index (χ0) is 78.7. The van der Waals surface area contributed by atoms with Crippen molar-refractivity contribution >= 4 is 27.8 Å². The van der Waals surface area contributed by atoms with Crippen LogP contribution in [-0.2, 0) is 32.5 Å². The molecule has 0 heterocycles. The molecule has 0 spiro atoms. The maximum absolute atomic E-state index is 2.65. The molecule has 14 aromatic rings. The summed E-state index contributed by atoms with van der Waals surface area (Å²) >= 11 is 0. The number of unbranched alkanes of at least 4 members (excludes halogenated alkanes) is 10. The van der Waals surface area contributed by atoms with Crippen LogP contribution in [0.2, 0.25) is 0 Å². The predicted octanol–water partition coefficient (Wildman–Crippen LogP) is 32.3. The lowest BCUT2D eigenvalue weighted by Crippen LogP contribution is -2.25. The maximum Gasteiger partial charge on any atom is 0.0543 e. The summed E-state index contributed by atoms with van der Waals surface area (Å²) in [5, 5.41) is 2.54. The molecule has 0 saturated heterocycles. The van der Waals surface area contributed by atoms with Gasteiger partial charge >= 0.3 is 0 Å². The van der Waals surface area contributed by atoms with E-state index in [0.29, 0.717) is 0 Å². The van der Waals surface area contributed by atoms with E-state index in [2.05, 4.69) is 361 Å². The average molecular weight is 1490 g/mol. The van der Waals surface area contributed by atoms with E-state index in [1.807, 2.05) is 0 Å². The van der Waals surface area contributed by atoms with Gasteiger partial charge in [0.2, 0.25) is 0 Å². The van der Waals surface area contributed by atoms with Crippen LogP contribution >= 0.6 is 0 Å². The van der Waals surface area contributed by atoms with Crippen molar-refractivity contribution in [2.75, 3.05) is 4.90 Å². The van der Waals surface area contributed by atoms with Crippen LogP contribution in [0.25, 0.3) is 122 Å². The van der Waals surface area contributed by atoms with E-state index in [1.165, 1.54) is 273 Å². The minimum absolute atomic E-state index is 0.0544. The fourth-order valence-corrected chi connectivity index (χ4v) is 22.8. The second kappa shape index (κ2) is 27.4. The standard InChI is InChI=1S/C114H109N/c1-13-15-17-19-21-32-60-114(61-33-22-20-18-16-14-2)96-41-31-29-36-82(96)90-59-50-79(68-105(90)114)78-49-58-89-88-57-48-77(66-101(88)112(9,10)102(89)67-78)76-47-56-87-86-55-46-75(64-99(86)111(7,8)100(87)65-76)74-45-54-85-84-53-44-73(62-97(84)110(5,6)98(85)63-74)72-42-51-81(52-43-72)115(80-34-24-23-25-35-80)107-71-106-108(92-39-27-26-38-91(92)107)94-70-103-93(69-104(94)113(106,11)12)83-37-28-30-40-95(83)109(103,3)4/h23-31,34-59,62-71H,13-22,32-33,60-61H2,1-12H3. The molecule has 0 atom stereocenters. The summed E-state index contributed by atoms with van der Waals surface area (Å²) in [5.74, 6) is 0. The van der Waals surface area contributed by atoms with Crippen molar-refractivity contribution < 1.29 is 0 Å². The largest absolute Gasteiger partial charge is 0.310 e. The monoisotopic (exact) mass is 1490 g/mol. The minimum Gasteiger partial charge on any atom is -0.310 e. The number of hydrogen-bond donors (Lipinski definition) is 0. The van der Waals surface area contributed by atoms with Crippen LogP contribution in [0, 0.1) is 0 Å². The quantitative estimate of drug-likeness (QED) is 0.0648. The van der Waals surface area contributed by atoms with Crippen LogP contribution in [-0.4, -0.2) is 0 Å². The van der Waals surface area contributed by atoms with E-state index in [4.69, 9.17) is 0 Å². The Morgan fingerprint density at radius 2 is 0.513 bits per heavy atom. The molecule has 0 aromatic heterocycles. The Labute approximate surface area is 684 Å². The van der Waals surface area contributed by atoms with Crippen molar-refractivity contribution in [3.8, 4) is 111 Å². The number of fused-ring (bicyclic) bond motifs is 20. The fourth-order valence-electron chi connectivity index (χ4n) is 22.8. The molecule has 0 radical (unpaired) electrons. The van der Waals surface area contributed by atoms with Crippen LogP contribution in [0.1, 0.15) is 240 Å². The van der Waals surface area contributed by atoms with Crippen LogP contribution in [0.4, 0.5) is 17.1 Å². The van der Waals surface area contributed by atoms with Crippen LogP contribution in [0.5, 0.6) is 0 Å². The van der Waals surface area contributed by atoms with Crippen molar-refractivity contribution in [1.82, 2.24) is 0 Å². The van der Waals surface area contributed by atoms with Gasteiger partial charge in [0.1, 0.15) is 0 Å². The van der Waals surface area contributed by atoms with Gasteiger partial charge in [0.05, 0.1) is 5.69 Å². The summed E-state index contributed by atoms with van der Waals surface area (Å²) in [6.07, 6.45) is 18.4. The van der Waals surface area contributed by atoms with Gasteiger partial charge in [0.15, 0.2) is 0 Å². The van der Waals surface area contributed by atoms with E-state index in [9.17, 15) is 0 Å². The average Bonchev–Trinajstić information content (AvgIpc) is 1.53. The van der Waals surface area contributed by atoms with Crippen molar-refractivity contribution in [2.24, 2.45) is 0 Å². The molecule has 6 aliphatic rings. The Kier molecular flexibility index (Phi) is 17.4. The second-order valence-corrected chi connectivity index (χ2v) is 37.7. The van der Waals surface area contributed by atoms with Gasteiger partial charge in [0.25, 0.3) is 0 Å². The normalized spacial score (nSPS) is 15.9.